The summed E-state index contributed by atoms with van der Waals surface area (Å²) in [7, 11) is 0. The van der Waals surface area contributed by atoms with Gasteiger partial charge in [-0.2, -0.15) is 5.10 Å². The molecule has 0 aliphatic heterocycles. The third-order valence-electron chi connectivity index (χ3n) is 5.04. The first-order valence-electron chi connectivity index (χ1n) is 9.82. The Morgan fingerprint density at radius 1 is 1.22 bits per heavy atom. The molecule has 0 bridgehead atoms. The largest absolute Gasteiger partial charge is 0.368 e. The maximum absolute atomic E-state index is 13.7. The van der Waals surface area contributed by atoms with Crippen molar-refractivity contribution >= 4 is 44.8 Å². The van der Waals surface area contributed by atoms with Gasteiger partial charge < -0.3 is 11.1 Å². The van der Waals surface area contributed by atoms with E-state index in [9.17, 15) is 14.0 Å². The summed E-state index contributed by atoms with van der Waals surface area (Å²) in [6.45, 7) is 3.31. The van der Waals surface area contributed by atoms with E-state index in [4.69, 9.17) is 17.3 Å². The van der Waals surface area contributed by atoms with Crippen LogP contribution in [0.1, 0.15) is 32.2 Å². The summed E-state index contributed by atoms with van der Waals surface area (Å²) < 4.78 is 16.5. The molecule has 32 heavy (non-hydrogen) atoms. The Labute approximate surface area is 192 Å². The van der Waals surface area contributed by atoms with Gasteiger partial charge in [-0.15, -0.1) is 11.3 Å². The van der Waals surface area contributed by atoms with Gasteiger partial charge in [0.2, 0.25) is 5.91 Å². The first-order chi connectivity index (χ1) is 15.2. The zero-order chi connectivity index (χ0) is 23.0. The van der Waals surface area contributed by atoms with Crippen LogP contribution < -0.4 is 11.1 Å². The molecule has 0 atom stereocenters. The molecule has 6 nitrogen and oxygen atoms in total. The first kappa shape index (κ1) is 22.0. The first-order valence-corrected chi connectivity index (χ1v) is 11.0. The van der Waals surface area contributed by atoms with Crippen LogP contribution in [-0.4, -0.2) is 28.1 Å². The Kier molecular flexibility index (Phi) is 5.99. The highest BCUT2D eigenvalue weighted by atomic mass is 35.5. The molecule has 0 saturated carbocycles. The molecular formula is C23H20ClFN4O2S. The zero-order valence-electron chi connectivity index (χ0n) is 17.4. The van der Waals surface area contributed by atoms with Crippen molar-refractivity contribution < 1.29 is 14.0 Å². The van der Waals surface area contributed by atoms with Gasteiger partial charge in [0.25, 0.3) is 5.91 Å². The summed E-state index contributed by atoms with van der Waals surface area (Å²) in [5.74, 6) is -1.37. The van der Waals surface area contributed by atoms with Crippen molar-refractivity contribution in [2.24, 2.45) is 5.73 Å². The smallest absolute Gasteiger partial charge is 0.255 e. The van der Waals surface area contributed by atoms with E-state index < -0.39 is 11.8 Å². The maximum atomic E-state index is 13.7. The summed E-state index contributed by atoms with van der Waals surface area (Å²) in [4.78, 5) is 24.6. The number of nitrogens with two attached hydrogens (primary N) is 1. The Bertz CT molecular complexity index is 1340. The number of aryl methyl sites for hydroxylation is 1. The van der Waals surface area contributed by atoms with E-state index in [1.807, 2.05) is 18.2 Å². The molecule has 0 aliphatic rings. The van der Waals surface area contributed by atoms with Gasteiger partial charge in [-0.1, -0.05) is 23.7 Å². The van der Waals surface area contributed by atoms with Crippen molar-refractivity contribution in [2.45, 2.75) is 20.3 Å². The van der Waals surface area contributed by atoms with Crippen LogP contribution >= 0.6 is 22.9 Å². The Morgan fingerprint density at radius 2 is 2.00 bits per heavy atom. The predicted octanol–water partition coefficient (Wildman–Crippen LogP) is 4.30. The van der Waals surface area contributed by atoms with Crippen LogP contribution in [0.3, 0.4) is 0 Å². The Morgan fingerprint density at radius 3 is 2.72 bits per heavy atom. The second-order valence-corrected chi connectivity index (χ2v) is 9.04. The summed E-state index contributed by atoms with van der Waals surface area (Å²) in [5, 5.41) is 8.48. The monoisotopic (exact) mass is 470 g/mol. The van der Waals surface area contributed by atoms with E-state index in [2.05, 4.69) is 16.5 Å². The number of benzene rings is 2. The maximum Gasteiger partial charge on any atom is 0.255 e. The van der Waals surface area contributed by atoms with E-state index >= 15 is 0 Å². The fraction of sp³-hybridized carbons (Fsp3) is 0.174. The van der Waals surface area contributed by atoms with Crippen LogP contribution in [0.15, 0.2) is 42.5 Å². The highest BCUT2D eigenvalue weighted by molar-refractivity contribution is 7.19. The number of fused-ring (bicyclic) bond motifs is 1. The summed E-state index contributed by atoms with van der Waals surface area (Å²) >= 11 is 7.58. The van der Waals surface area contributed by atoms with E-state index in [0.29, 0.717) is 28.4 Å². The van der Waals surface area contributed by atoms with Crippen molar-refractivity contribution in [3.05, 3.63) is 80.7 Å². The molecule has 0 spiro atoms. The van der Waals surface area contributed by atoms with Crippen LogP contribution in [0.25, 0.3) is 15.8 Å². The van der Waals surface area contributed by atoms with E-state index in [1.54, 1.807) is 35.9 Å². The van der Waals surface area contributed by atoms with Gasteiger partial charge in [0.15, 0.2) is 0 Å². The average Bonchev–Trinajstić information content (AvgIpc) is 3.24. The number of hydrogen-bond donors (Lipinski definition) is 2. The van der Waals surface area contributed by atoms with Gasteiger partial charge in [-0.25, -0.2) is 9.07 Å². The SMILES string of the molecule is Cc1nn(-c2cccc3cc(Cc4cc(F)cc(Cl)c4)sc23)c(C)c1C(=O)NCC(N)=O. The highest BCUT2D eigenvalue weighted by Crippen LogP contribution is 2.33. The minimum atomic E-state index is -0.614. The minimum Gasteiger partial charge on any atom is -0.368 e. The molecule has 2 aromatic heterocycles. The summed E-state index contributed by atoms with van der Waals surface area (Å²) in [6, 6.07) is 12.5. The fourth-order valence-electron chi connectivity index (χ4n) is 3.73. The van der Waals surface area contributed by atoms with Crippen molar-refractivity contribution in [2.75, 3.05) is 6.54 Å². The number of amides is 2. The third kappa shape index (κ3) is 4.37. The lowest BCUT2D eigenvalue weighted by atomic mass is 10.1. The second kappa shape index (κ2) is 8.72. The molecule has 0 radical (unpaired) electrons. The van der Waals surface area contributed by atoms with E-state index in [0.717, 1.165) is 26.2 Å². The van der Waals surface area contributed by atoms with Crippen LogP contribution in [0.2, 0.25) is 5.02 Å². The number of carbonyl (C=O) groups is 2. The number of aromatic nitrogens is 2. The lowest BCUT2D eigenvalue weighted by Crippen LogP contribution is -2.33. The third-order valence-corrected chi connectivity index (χ3v) is 6.44. The van der Waals surface area contributed by atoms with Crippen LogP contribution in [-0.2, 0) is 11.2 Å². The van der Waals surface area contributed by atoms with Gasteiger partial charge in [0.05, 0.1) is 33.9 Å². The number of nitrogens with zero attached hydrogens (tertiary/aromatic N) is 2. The minimum absolute atomic E-state index is 0.239. The molecule has 2 aromatic carbocycles. The molecule has 0 fully saturated rings. The number of thiophene rings is 1. The van der Waals surface area contributed by atoms with Crippen molar-refractivity contribution in [3.8, 4) is 5.69 Å². The summed E-state index contributed by atoms with van der Waals surface area (Å²) in [6.07, 6.45) is 0.550. The van der Waals surface area contributed by atoms with Gasteiger partial charge in [-0.3, -0.25) is 9.59 Å². The van der Waals surface area contributed by atoms with Crippen molar-refractivity contribution in [1.82, 2.24) is 15.1 Å². The second-order valence-electron chi connectivity index (χ2n) is 7.47. The molecule has 164 valence electrons. The van der Waals surface area contributed by atoms with Gasteiger partial charge >= 0.3 is 0 Å². The van der Waals surface area contributed by atoms with Gasteiger partial charge in [0, 0.05) is 16.3 Å². The highest BCUT2D eigenvalue weighted by Gasteiger charge is 2.21. The number of hydrogen-bond acceptors (Lipinski definition) is 4. The molecule has 3 N–H and O–H groups in total. The number of nitrogens with one attached hydrogen (secondary N) is 1. The van der Waals surface area contributed by atoms with Crippen molar-refractivity contribution in [3.63, 3.8) is 0 Å². The van der Waals surface area contributed by atoms with Crippen LogP contribution in [0, 0.1) is 19.7 Å². The summed E-state index contributed by atoms with van der Waals surface area (Å²) in [5.41, 5.74) is 8.38. The van der Waals surface area contributed by atoms with Gasteiger partial charge in [0.1, 0.15) is 5.82 Å². The number of halogens is 2. The molecule has 2 heterocycles. The fourth-order valence-corrected chi connectivity index (χ4v) is 5.17. The topological polar surface area (TPSA) is 90.0 Å². The molecule has 2 amide bonds. The molecule has 4 rings (SSSR count). The Hall–Kier alpha value is -3.23. The lowest BCUT2D eigenvalue weighted by molar-refractivity contribution is -0.117. The quantitative estimate of drug-likeness (QED) is 0.440. The molecule has 0 unspecified atom stereocenters. The molecule has 9 heteroatoms. The lowest BCUT2D eigenvalue weighted by Gasteiger charge is -2.07. The molecular weight excluding hydrogens is 451 g/mol. The molecule has 0 saturated heterocycles. The van der Waals surface area contributed by atoms with E-state index in [-0.39, 0.29) is 12.4 Å². The van der Waals surface area contributed by atoms with Crippen LogP contribution in [0.5, 0.6) is 0 Å². The van der Waals surface area contributed by atoms with Gasteiger partial charge in [-0.05, 0) is 55.1 Å². The van der Waals surface area contributed by atoms with E-state index in [1.165, 1.54) is 12.1 Å². The number of rotatable bonds is 6. The average molecular weight is 471 g/mol. The molecule has 4 aromatic rings. The number of primary amides is 1. The predicted molar refractivity (Wildman–Crippen MR) is 124 cm³/mol. The van der Waals surface area contributed by atoms with Crippen molar-refractivity contribution in [1.29, 1.82) is 0 Å². The Balaban J connectivity index is 1.72. The molecule has 0 aliphatic carbocycles. The standard InChI is InChI=1S/C23H20ClFN4O2S/c1-12-21(23(31)27-11-20(26)30)13(2)29(28-12)19-5-3-4-15-9-18(32-22(15)19)8-14-6-16(24)10-17(25)7-14/h3-7,9-10H,8,11H2,1-2H3,(H2,26,30)(H,27,31). The number of carbonyl (C=O) groups excluding carboxylic acids is 2. The zero-order valence-corrected chi connectivity index (χ0v) is 19.0. The normalized spacial score (nSPS) is 11.1. The van der Waals surface area contributed by atoms with Crippen LogP contribution in [0.4, 0.5) is 4.39 Å².